The normalized spacial score (nSPS) is 22.9. The molecule has 7 rings (SSSR count). The Balaban J connectivity index is 1.37. The van der Waals surface area contributed by atoms with E-state index in [4.69, 9.17) is 0 Å². The van der Waals surface area contributed by atoms with Crippen LogP contribution in [0.15, 0.2) is 176 Å². The Morgan fingerprint density at radius 3 is 1.10 bits per heavy atom. The van der Waals surface area contributed by atoms with E-state index in [2.05, 4.69) is 176 Å². The Bertz CT molecular complexity index is 1990. The van der Waals surface area contributed by atoms with E-state index in [1.165, 1.54) is 120 Å². The molecule has 0 radical (unpaired) electrons. The first kappa shape index (κ1) is 44.9. The van der Waals surface area contributed by atoms with Crippen molar-refractivity contribution in [2.24, 2.45) is 0 Å². The summed E-state index contributed by atoms with van der Waals surface area (Å²) in [5.41, 5.74) is 2.64. The SMILES string of the molecule is c1ccc(-c2ccc(P3CCCCCCCCCCCCCCCCCPP(c4ccccc4)P(c4ccccc4)P(c4ccccc4)P3c3ccccc3)cc2)cc1. The van der Waals surface area contributed by atoms with Crippen molar-refractivity contribution in [1.29, 1.82) is 0 Å². The molecule has 306 valence electrons. The average molecular weight is 887 g/mol. The van der Waals surface area contributed by atoms with Crippen molar-refractivity contribution >= 4 is 71.6 Å². The predicted molar refractivity (Wildman–Crippen MR) is 278 cm³/mol. The summed E-state index contributed by atoms with van der Waals surface area (Å²) in [5.74, 6) is 0. The van der Waals surface area contributed by atoms with Gasteiger partial charge in [0.05, 0.1) is 0 Å². The molecule has 1 saturated heterocycles. The van der Waals surface area contributed by atoms with Gasteiger partial charge in [-0.3, -0.25) is 0 Å². The van der Waals surface area contributed by atoms with Gasteiger partial charge in [-0.05, 0) is 99.6 Å². The lowest BCUT2D eigenvalue weighted by atomic mass is 10.0. The third kappa shape index (κ3) is 13.7. The Morgan fingerprint density at radius 2 is 0.627 bits per heavy atom. The van der Waals surface area contributed by atoms with Gasteiger partial charge in [0.2, 0.25) is 0 Å². The highest BCUT2D eigenvalue weighted by atomic mass is 32.8. The van der Waals surface area contributed by atoms with Crippen molar-refractivity contribution in [2.45, 2.75) is 96.3 Å². The maximum atomic E-state index is 2.56. The average Bonchev–Trinajstić information content (AvgIpc) is 3.30. The van der Waals surface area contributed by atoms with E-state index < -0.39 is 36.8 Å². The molecule has 1 fully saturated rings. The molecule has 6 heteroatoms. The van der Waals surface area contributed by atoms with Crippen LogP contribution in [0.5, 0.6) is 0 Å². The van der Waals surface area contributed by atoms with Crippen LogP contribution in [0.25, 0.3) is 11.1 Å². The smallest absolute Gasteiger partial charge is 0.00602 e. The lowest BCUT2D eigenvalue weighted by Crippen LogP contribution is -2.13. The quantitative estimate of drug-likeness (QED) is 0.146. The summed E-state index contributed by atoms with van der Waals surface area (Å²) in [5, 5.41) is 8.11. The van der Waals surface area contributed by atoms with Gasteiger partial charge in [-0.25, -0.2) is 0 Å². The van der Waals surface area contributed by atoms with Gasteiger partial charge in [-0.2, -0.15) is 0 Å². The van der Waals surface area contributed by atoms with Crippen molar-refractivity contribution in [3.05, 3.63) is 176 Å². The van der Waals surface area contributed by atoms with Crippen LogP contribution in [-0.2, 0) is 0 Å². The lowest BCUT2D eigenvalue weighted by Gasteiger charge is -2.43. The van der Waals surface area contributed by atoms with Crippen molar-refractivity contribution in [1.82, 2.24) is 0 Å². The molecule has 1 aliphatic rings. The molecule has 6 aromatic rings. The van der Waals surface area contributed by atoms with E-state index in [9.17, 15) is 0 Å². The van der Waals surface area contributed by atoms with Crippen molar-refractivity contribution < 1.29 is 0 Å². The van der Waals surface area contributed by atoms with Crippen molar-refractivity contribution in [3.63, 3.8) is 0 Å². The molecule has 0 N–H and O–H groups in total. The van der Waals surface area contributed by atoms with Gasteiger partial charge in [-0.1, -0.05) is 268 Å². The zero-order chi connectivity index (χ0) is 40.2. The fraction of sp³-hybridized carbons (Fsp3) is 0.321. The van der Waals surface area contributed by atoms with Gasteiger partial charge in [0, 0.05) is 0 Å². The number of rotatable bonds is 6. The van der Waals surface area contributed by atoms with E-state index in [1.54, 1.807) is 26.5 Å². The summed E-state index contributed by atoms with van der Waals surface area (Å²) >= 11 is 0. The van der Waals surface area contributed by atoms with Crippen LogP contribution >= 0.6 is 45.1 Å². The lowest BCUT2D eigenvalue weighted by molar-refractivity contribution is 0.535. The van der Waals surface area contributed by atoms with Crippen molar-refractivity contribution in [2.75, 3.05) is 12.3 Å². The van der Waals surface area contributed by atoms with Gasteiger partial charge in [0.25, 0.3) is 0 Å². The van der Waals surface area contributed by atoms with Gasteiger partial charge in [0.15, 0.2) is 0 Å². The maximum absolute atomic E-state index is 2.56. The predicted octanol–water partition coefficient (Wildman–Crippen LogP) is 16.8. The second kappa shape index (κ2) is 25.7. The van der Waals surface area contributed by atoms with Crippen LogP contribution in [0.2, 0.25) is 0 Å². The summed E-state index contributed by atoms with van der Waals surface area (Å²) in [4.78, 5) is 0. The fourth-order valence-corrected chi connectivity index (χ4v) is 59.7. The molecule has 0 amide bonds. The topological polar surface area (TPSA) is 0 Å². The molecule has 0 saturated carbocycles. The zero-order valence-electron chi connectivity index (χ0n) is 35.0. The molecule has 1 aliphatic heterocycles. The van der Waals surface area contributed by atoms with Gasteiger partial charge in [-0.15, -0.1) is 0 Å². The highest BCUT2D eigenvalue weighted by Gasteiger charge is 2.41. The first-order valence-corrected chi connectivity index (χ1v) is 34.2. The van der Waals surface area contributed by atoms with Crippen LogP contribution < -0.4 is 26.5 Å². The third-order valence-electron chi connectivity index (χ3n) is 11.3. The molecular formula is C53H64P6. The van der Waals surface area contributed by atoms with Crippen LogP contribution in [0, 0.1) is 0 Å². The third-order valence-corrected chi connectivity index (χ3v) is 48.7. The van der Waals surface area contributed by atoms with Gasteiger partial charge in [0.1, 0.15) is 0 Å². The molecule has 6 unspecified atom stereocenters. The minimum atomic E-state index is -0.576. The van der Waals surface area contributed by atoms with Crippen molar-refractivity contribution in [3.8, 4) is 11.1 Å². The van der Waals surface area contributed by atoms with Crippen LogP contribution in [0.4, 0.5) is 0 Å². The standard InChI is InChI=1S/C53H64P6/c1-2-4-6-8-10-12-29-45-54-56(50-33-21-15-22-34-50)58(52-37-25-17-26-38-52)59(53-39-27-18-28-40-53)57(51-35-23-16-24-36-51)55(46-30-13-11-9-7-5-3-1)49-43-41-48(42-44-49)47-31-19-14-20-32-47/h14-28,31-44,54H,1-13,29-30,45-46H2. The summed E-state index contributed by atoms with van der Waals surface area (Å²) in [6.45, 7) is 0. The highest BCUT2D eigenvalue weighted by Crippen LogP contribution is 3.03. The molecule has 59 heavy (non-hydrogen) atoms. The summed E-state index contributed by atoms with van der Waals surface area (Å²) in [6.07, 6.45) is 23.8. The largest absolute Gasteiger partial charge is 0.0862 e. The molecule has 0 nitrogen and oxygen atoms in total. The molecule has 0 aliphatic carbocycles. The minimum absolute atomic E-state index is 0.409. The molecule has 0 spiro atoms. The van der Waals surface area contributed by atoms with Crippen LogP contribution in [0.1, 0.15) is 96.3 Å². The van der Waals surface area contributed by atoms with Crippen LogP contribution in [-0.4, -0.2) is 12.3 Å². The maximum Gasteiger partial charge on any atom is -0.00602 e. The first-order valence-electron chi connectivity index (χ1n) is 22.4. The second-order valence-electron chi connectivity index (χ2n) is 15.8. The zero-order valence-corrected chi connectivity index (χ0v) is 40.5. The highest BCUT2D eigenvalue weighted by molar-refractivity contribution is 8.95. The minimum Gasteiger partial charge on any atom is -0.0862 e. The monoisotopic (exact) mass is 886 g/mol. The fourth-order valence-electron chi connectivity index (χ4n) is 8.14. The number of hydrogen-bond donors (Lipinski definition) is 0. The van der Waals surface area contributed by atoms with Gasteiger partial charge >= 0.3 is 0 Å². The van der Waals surface area contributed by atoms with E-state index in [1.807, 2.05) is 0 Å². The Kier molecular flexibility index (Phi) is 19.6. The Hall–Kier alpha value is -2.10. The first-order chi connectivity index (χ1) is 29.4. The van der Waals surface area contributed by atoms with E-state index >= 15 is 0 Å². The van der Waals surface area contributed by atoms with E-state index in [0.717, 1.165) is 8.27 Å². The second-order valence-corrected chi connectivity index (χ2v) is 38.9. The molecule has 0 aromatic heterocycles. The van der Waals surface area contributed by atoms with Crippen LogP contribution in [0.3, 0.4) is 0 Å². The molecule has 0 bridgehead atoms. The molecule has 6 aromatic carbocycles. The number of benzene rings is 6. The van der Waals surface area contributed by atoms with E-state index in [-0.39, 0.29) is 0 Å². The summed E-state index contributed by atoms with van der Waals surface area (Å²) in [7, 11) is -1.57. The molecular weight excluding hydrogens is 822 g/mol. The molecule has 1 heterocycles. The van der Waals surface area contributed by atoms with E-state index in [0.29, 0.717) is 0 Å². The van der Waals surface area contributed by atoms with Gasteiger partial charge < -0.3 is 0 Å². The summed E-state index contributed by atoms with van der Waals surface area (Å²) < 4.78 is 0. The molecule has 6 atom stereocenters. The summed E-state index contributed by atoms with van der Waals surface area (Å²) in [6, 6.07) is 69.0. The Morgan fingerprint density at radius 1 is 0.271 bits per heavy atom. The number of hydrogen-bond acceptors (Lipinski definition) is 0. The Labute approximate surface area is 365 Å².